The summed E-state index contributed by atoms with van der Waals surface area (Å²) in [5.74, 6) is -15.3. The van der Waals surface area contributed by atoms with Gasteiger partial charge in [0.1, 0.15) is 48.3 Å². The molecular weight excluding hydrogens is 1650 g/mol. The van der Waals surface area contributed by atoms with E-state index in [1.165, 1.54) is 6.92 Å². The fraction of sp³-hybridized carbons (Fsp3) is 0.709. The van der Waals surface area contributed by atoms with Crippen LogP contribution in [0.15, 0.2) is 0 Å². The van der Waals surface area contributed by atoms with Gasteiger partial charge < -0.3 is 83.4 Å². The van der Waals surface area contributed by atoms with Crippen molar-refractivity contribution in [3.05, 3.63) is 0 Å². The molecule has 8 amide bonds. The number of nitrogens with one attached hydrogen (secondary N) is 8. The van der Waals surface area contributed by atoms with E-state index in [1.54, 1.807) is 104 Å². The maximum atomic E-state index is 10.9. The van der Waals surface area contributed by atoms with Crippen molar-refractivity contribution in [3.63, 3.8) is 0 Å². The number of rotatable bonds is 31. The molecule has 0 aromatic heterocycles. The molecule has 0 aromatic carbocycles. The van der Waals surface area contributed by atoms with Gasteiger partial charge in [0.15, 0.2) is 33.9 Å². The molecule has 0 radical (unpaired) electrons. The largest absolute Gasteiger partial charge is 0.480 e. The third kappa shape index (κ3) is 60.5. The Hall–Kier alpha value is -4.42. The molecule has 0 saturated carbocycles. The zero-order chi connectivity index (χ0) is 82.3. The molecule has 0 saturated heterocycles. The Morgan fingerprint density at radius 1 is 0.228 bits per heavy atom. The average molecular weight is 1740 g/mol. The van der Waals surface area contributed by atoms with Crippen molar-refractivity contribution in [2.24, 2.45) is 41.4 Å². The van der Waals surface area contributed by atoms with Crippen molar-refractivity contribution < 1.29 is 118 Å². The molecule has 32 nitrogen and oxygen atoms in total. The van der Waals surface area contributed by atoms with E-state index in [-0.39, 0.29) is 47.3 Å². The Morgan fingerprint density at radius 2 is 0.337 bits per heavy atom. The molecule has 46 heteroatoms. The summed E-state index contributed by atoms with van der Waals surface area (Å²) < 4.78 is 0. The number of carboxylic acids is 8. The summed E-state index contributed by atoms with van der Waals surface area (Å²) in [5, 5.41) is 86.9. The van der Waals surface area contributed by atoms with Crippen LogP contribution in [0.5, 0.6) is 0 Å². The van der Waals surface area contributed by atoms with Crippen molar-refractivity contribution >= 4 is 257 Å². The average Bonchev–Trinajstić information content (AvgIpc) is 1.11. The second-order valence-corrected chi connectivity index (χ2v) is 29.8. The molecule has 0 aliphatic heterocycles. The lowest BCUT2D eigenvalue weighted by molar-refractivity contribution is -0.143. The lowest BCUT2D eigenvalue weighted by atomic mass is 10.1. The minimum atomic E-state index is -1.24. The number of carbonyl (C=O) groups excluding carboxylic acids is 8. The van der Waals surface area contributed by atoms with E-state index in [1.807, 2.05) is 0 Å². The van der Waals surface area contributed by atoms with Crippen molar-refractivity contribution in [1.29, 1.82) is 0 Å². The molecule has 8 atom stereocenters. The highest BCUT2D eigenvalue weighted by Crippen LogP contribution is 2.12. The fourth-order valence-corrected chi connectivity index (χ4v) is 6.57. The number of hydrogen-bond acceptors (Lipinski definition) is 16. The summed E-state index contributed by atoms with van der Waals surface area (Å²) in [6, 6.07) is -7.40. The molecular formula is C55H88Cl14N8O24. The Labute approximate surface area is 653 Å². The van der Waals surface area contributed by atoms with E-state index in [9.17, 15) is 76.7 Å². The van der Waals surface area contributed by atoms with E-state index in [4.69, 9.17) is 203 Å². The van der Waals surface area contributed by atoms with E-state index in [0.29, 0.717) is 6.42 Å². The Balaban J connectivity index is -0.000000163. The van der Waals surface area contributed by atoms with Crippen LogP contribution < -0.4 is 42.5 Å². The van der Waals surface area contributed by atoms with E-state index >= 15 is 0 Å². The van der Waals surface area contributed by atoms with Gasteiger partial charge in [-0.25, -0.2) is 38.4 Å². The lowest BCUT2D eigenvalue weighted by Gasteiger charge is -2.17. The quantitative estimate of drug-likeness (QED) is 0.0308. The summed E-state index contributed by atoms with van der Waals surface area (Å²) >= 11 is 73.4. The minimum absolute atomic E-state index is 0.214. The second-order valence-electron chi connectivity index (χ2n) is 22.1. The van der Waals surface area contributed by atoms with E-state index < -0.39 is 171 Å². The van der Waals surface area contributed by atoms with Crippen molar-refractivity contribution in [2.45, 2.75) is 199 Å². The number of hydrogen-bond donors (Lipinski definition) is 16. The number of carboxylic acid groups (broad SMARTS) is 8. The van der Waals surface area contributed by atoms with Gasteiger partial charge in [-0.2, -0.15) is 0 Å². The van der Waals surface area contributed by atoms with Gasteiger partial charge in [-0.15, -0.1) is 0 Å². The first-order valence-corrected chi connectivity index (χ1v) is 34.9. The van der Waals surface area contributed by atoms with Crippen LogP contribution in [-0.2, 0) is 76.7 Å². The highest BCUT2D eigenvalue weighted by atomic mass is 35.6. The molecule has 0 rings (SSSR count). The van der Waals surface area contributed by atoms with Crippen LogP contribution >= 0.6 is 162 Å². The monoisotopic (exact) mass is 1730 g/mol. The molecule has 0 bridgehead atoms. The molecule has 0 unspecified atom stereocenters. The highest BCUT2D eigenvalue weighted by molar-refractivity contribution is 6.56. The van der Waals surface area contributed by atoms with Crippen LogP contribution in [0.25, 0.3) is 0 Å². The van der Waals surface area contributed by atoms with Crippen molar-refractivity contribution in [3.8, 4) is 0 Å². The van der Waals surface area contributed by atoms with Crippen molar-refractivity contribution in [2.75, 3.05) is 0 Å². The van der Waals surface area contributed by atoms with Gasteiger partial charge in [-0.05, 0) is 47.8 Å². The molecule has 590 valence electrons. The van der Waals surface area contributed by atoms with Gasteiger partial charge in [0, 0.05) is 6.92 Å². The summed E-state index contributed by atoms with van der Waals surface area (Å²) in [4.78, 5) is 163. The summed E-state index contributed by atoms with van der Waals surface area (Å²) in [7, 11) is 0. The number of aliphatic carboxylic acids is 8. The summed E-state index contributed by atoms with van der Waals surface area (Å²) in [5.41, 5.74) is 0. The Morgan fingerprint density at radius 3 is 0.376 bits per heavy atom. The molecule has 16 N–H and O–H groups in total. The minimum Gasteiger partial charge on any atom is -0.480 e. The fourth-order valence-electron chi connectivity index (χ4n) is 5.69. The SMILES string of the molecule is CC(C)[C@H](NC(=O)C(Cl)Cl)C(=O)O.CC(C)[C@H](NC(=O)C(Cl)Cl)C(=O)O.CC(C)[C@H](NC(=O)C(Cl)Cl)C(=O)O.CC(C)[C@H](NC(=O)C(Cl)Cl)C(=O)O.CC(C)[C@H](NC(=O)C(Cl)Cl)C(=O)O.CC(C)[C@H](NC(=O)C(Cl)Cl)C(=O)O.CC(C)[C@H](NC(=O)C(Cl)Cl)C(=O)O.CC[C@H](NC(C)=O)C(=O)O. The second kappa shape index (κ2) is 60.8. The van der Waals surface area contributed by atoms with Crippen LogP contribution in [0.4, 0.5) is 0 Å². The Bertz CT molecular complexity index is 2180. The molecule has 0 aliphatic rings. The van der Waals surface area contributed by atoms with Crippen LogP contribution in [-0.4, -0.2) is 218 Å². The van der Waals surface area contributed by atoms with Gasteiger partial charge in [0.05, 0.1) is 0 Å². The van der Waals surface area contributed by atoms with Gasteiger partial charge in [0.25, 0.3) is 41.4 Å². The molecule has 101 heavy (non-hydrogen) atoms. The zero-order valence-corrected chi connectivity index (χ0v) is 67.4. The zero-order valence-electron chi connectivity index (χ0n) is 56.8. The van der Waals surface area contributed by atoms with Gasteiger partial charge in [-0.3, -0.25) is 38.4 Å². The Kier molecular flexibility index (Phi) is 67.7. The molecule has 0 heterocycles. The van der Waals surface area contributed by atoms with E-state index in [2.05, 4.69) is 42.5 Å². The predicted octanol–water partition coefficient (Wildman–Crippen LogP) is 7.09. The van der Waals surface area contributed by atoms with Gasteiger partial charge in [-0.1, -0.05) is 266 Å². The summed E-state index contributed by atoms with van der Waals surface area (Å²) in [6.45, 7) is 26.5. The van der Waals surface area contributed by atoms with Crippen LogP contribution in [0.3, 0.4) is 0 Å². The van der Waals surface area contributed by atoms with Gasteiger partial charge in [0.2, 0.25) is 5.91 Å². The highest BCUT2D eigenvalue weighted by Gasteiger charge is 2.31. The number of carbonyl (C=O) groups is 16. The summed E-state index contributed by atoms with van der Waals surface area (Å²) in [6.07, 6.45) is 0.412. The maximum Gasteiger partial charge on any atom is 0.326 e. The maximum absolute atomic E-state index is 10.9. The number of halogens is 14. The third-order valence-electron chi connectivity index (χ3n) is 11.1. The van der Waals surface area contributed by atoms with Crippen LogP contribution in [0.2, 0.25) is 0 Å². The molecule has 0 fully saturated rings. The standard InChI is InChI=1S/7C7H11Cl2NO3.C6H11NO3/c7*1-3(2)4(7(12)13)10-6(11)5(8)9;1-3-5(6(9)10)7-4(2)8/h7*3-5H,1-2H3,(H,10,11)(H,12,13);5H,3H2,1-2H3,(H,7,8)(H,9,10)/t7*4-;5-/m00000000/s1. The normalized spacial score (nSPS) is 13.0. The van der Waals surface area contributed by atoms with E-state index in [0.717, 1.165) is 0 Å². The lowest BCUT2D eigenvalue weighted by Crippen LogP contribution is -2.46. The first-order valence-electron chi connectivity index (χ1n) is 28.8. The predicted molar refractivity (Wildman–Crippen MR) is 385 cm³/mol. The van der Waals surface area contributed by atoms with Crippen LogP contribution in [0, 0.1) is 41.4 Å². The van der Waals surface area contributed by atoms with Crippen molar-refractivity contribution in [1.82, 2.24) is 42.5 Å². The smallest absolute Gasteiger partial charge is 0.326 e. The first-order chi connectivity index (χ1) is 45.6. The topological polar surface area (TPSA) is 531 Å². The molecule has 0 aliphatic carbocycles. The molecule has 0 aromatic rings. The van der Waals surface area contributed by atoms with Crippen LogP contribution in [0.1, 0.15) is 117 Å². The number of alkyl halides is 14. The first kappa shape index (κ1) is 112. The third-order valence-corrected chi connectivity index (χ3v) is 13.9. The number of amides is 8. The molecule has 0 spiro atoms. The van der Waals surface area contributed by atoms with Gasteiger partial charge >= 0.3 is 47.8 Å².